The van der Waals surface area contributed by atoms with E-state index in [0.717, 1.165) is 25.7 Å². The van der Waals surface area contributed by atoms with E-state index in [1.165, 1.54) is 12.8 Å². The van der Waals surface area contributed by atoms with Crippen LogP contribution in [0.2, 0.25) is 0 Å². The molecule has 6 heteroatoms. The molecule has 0 aromatic rings. The highest BCUT2D eigenvalue weighted by molar-refractivity contribution is 4.88. The summed E-state index contributed by atoms with van der Waals surface area (Å²) in [7, 11) is 0. The summed E-state index contributed by atoms with van der Waals surface area (Å²) in [6.07, 6.45) is 7.08. The summed E-state index contributed by atoms with van der Waals surface area (Å²) < 4.78 is 36.8. The first-order chi connectivity index (χ1) is 16.1. The fourth-order valence-electron chi connectivity index (χ4n) is 5.75. The minimum Gasteiger partial charge on any atom is -0.377 e. The minimum absolute atomic E-state index is 0.124. The predicted octanol–water partition coefficient (Wildman–Crippen LogP) is 5.27. The molecule has 6 atom stereocenters. The molecule has 0 N–H and O–H groups in total. The fourth-order valence-corrected chi connectivity index (χ4v) is 5.75. The van der Waals surface area contributed by atoms with Crippen molar-refractivity contribution in [2.45, 2.75) is 104 Å². The molecule has 2 saturated carbocycles. The number of rotatable bonds is 0. The zero-order valence-electron chi connectivity index (χ0n) is 22.8. The van der Waals surface area contributed by atoms with Crippen molar-refractivity contribution in [2.75, 3.05) is 52.9 Å². The van der Waals surface area contributed by atoms with Gasteiger partial charge in [0.1, 0.15) is 0 Å². The van der Waals surface area contributed by atoms with Crippen LogP contribution in [-0.2, 0) is 28.4 Å². The van der Waals surface area contributed by atoms with Gasteiger partial charge in [-0.05, 0) is 61.2 Å². The van der Waals surface area contributed by atoms with Gasteiger partial charge in [0.05, 0.1) is 77.3 Å². The Kier molecular flexibility index (Phi) is 11.1. The largest absolute Gasteiger partial charge is 0.377 e. The molecular formula is C28H52O6. The molecule has 3 rings (SSSR count). The van der Waals surface area contributed by atoms with Gasteiger partial charge in [0.15, 0.2) is 0 Å². The van der Waals surface area contributed by atoms with E-state index in [1.807, 2.05) is 0 Å². The second-order valence-electron chi connectivity index (χ2n) is 12.6. The van der Waals surface area contributed by atoms with Crippen LogP contribution in [0.25, 0.3) is 0 Å². The van der Waals surface area contributed by atoms with Crippen molar-refractivity contribution in [2.24, 2.45) is 22.7 Å². The monoisotopic (exact) mass is 484 g/mol. The smallest absolute Gasteiger partial charge is 0.0840 e. The lowest BCUT2D eigenvalue weighted by atomic mass is 9.71. The maximum absolute atomic E-state index is 6.29. The molecule has 0 unspecified atom stereocenters. The Bertz CT molecular complexity index is 518. The van der Waals surface area contributed by atoms with Crippen LogP contribution in [0.4, 0.5) is 0 Å². The molecule has 1 heterocycles. The molecule has 0 spiro atoms. The molecule has 0 aromatic heterocycles. The fraction of sp³-hybridized carbons (Fsp3) is 1.00. The van der Waals surface area contributed by atoms with E-state index in [2.05, 4.69) is 41.5 Å². The molecule has 2 aliphatic carbocycles. The lowest BCUT2D eigenvalue weighted by Crippen LogP contribution is -2.43. The van der Waals surface area contributed by atoms with Gasteiger partial charge in [-0.1, -0.05) is 41.5 Å². The lowest BCUT2D eigenvalue weighted by molar-refractivity contribution is -0.142. The van der Waals surface area contributed by atoms with Gasteiger partial charge in [-0.25, -0.2) is 0 Å². The van der Waals surface area contributed by atoms with Gasteiger partial charge < -0.3 is 28.4 Å². The van der Waals surface area contributed by atoms with Crippen molar-refractivity contribution < 1.29 is 28.4 Å². The summed E-state index contributed by atoms with van der Waals surface area (Å²) in [6, 6.07) is 0. The van der Waals surface area contributed by atoms with Crippen molar-refractivity contribution in [1.82, 2.24) is 0 Å². The Labute approximate surface area is 208 Å². The number of ether oxygens (including phenoxy) is 6. The molecule has 0 bridgehead atoms. The van der Waals surface area contributed by atoms with Crippen LogP contribution in [0, 0.1) is 22.7 Å². The van der Waals surface area contributed by atoms with Crippen LogP contribution in [0.1, 0.15) is 80.1 Å². The molecule has 0 aromatic carbocycles. The Morgan fingerprint density at radius 2 is 0.735 bits per heavy atom. The molecule has 1 saturated heterocycles. The maximum atomic E-state index is 6.29. The molecule has 0 amide bonds. The highest BCUT2D eigenvalue weighted by Crippen LogP contribution is 2.41. The van der Waals surface area contributed by atoms with E-state index in [0.29, 0.717) is 75.5 Å². The molecule has 3 fully saturated rings. The van der Waals surface area contributed by atoms with E-state index in [1.54, 1.807) is 0 Å². The zero-order chi connectivity index (χ0) is 24.6. The van der Waals surface area contributed by atoms with Crippen molar-refractivity contribution in [3.05, 3.63) is 0 Å². The zero-order valence-corrected chi connectivity index (χ0v) is 22.8. The third kappa shape index (κ3) is 9.01. The Hall–Kier alpha value is -0.240. The molecule has 3 aliphatic rings. The summed E-state index contributed by atoms with van der Waals surface area (Å²) in [5.74, 6) is 1.30. The van der Waals surface area contributed by atoms with Crippen molar-refractivity contribution in [1.29, 1.82) is 0 Å². The quantitative estimate of drug-likeness (QED) is 0.467. The van der Waals surface area contributed by atoms with E-state index >= 15 is 0 Å². The van der Waals surface area contributed by atoms with Gasteiger partial charge in [-0.2, -0.15) is 0 Å². The maximum Gasteiger partial charge on any atom is 0.0840 e. The number of hydrogen-bond donors (Lipinski definition) is 0. The van der Waals surface area contributed by atoms with Crippen molar-refractivity contribution >= 4 is 0 Å². The van der Waals surface area contributed by atoms with Gasteiger partial charge in [0, 0.05) is 0 Å². The van der Waals surface area contributed by atoms with Gasteiger partial charge in [-0.3, -0.25) is 0 Å². The summed E-state index contributed by atoms with van der Waals surface area (Å²) >= 11 is 0. The van der Waals surface area contributed by atoms with Crippen LogP contribution < -0.4 is 0 Å². The molecule has 1 aliphatic heterocycles. The van der Waals surface area contributed by atoms with E-state index in [-0.39, 0.29) is 24.4 Å². The molecule has 6 nitrogen and oxygen atoms in total. The highest BCUT2D eigenvalue weighted by Gasteiger charge is 2.38. The molecular weight excluding hydrogens is 432 g/mol. The first-order valence-electron chi connectivity index (χ1n) is 13.8. The third-order valence-electron chi connectivity index (χ3n) is 8.15. The topological polar surface area (TPSA) is 55.4 Å². The van der Waals surface area contributed by atoms with E-state index in [4.69, 9.17) is 28.4 Å². The van der Waals surface area contributed by atoms with Gasteiger partial charge >= 0.3 is 0 Å². The van der Waals surface area contributed by atoms with Crippen LogP contribution in [0.5, 0.6) is 0 Å². The second-order valence-corrected chi connectivity index (χ2v) is 12.6. The van der Waals surface area contributed by atoms with Gasteiger partial charge in [0.25, 0.3) is 0 Å². The van der Waals surface area contributed by atoms with E-state index in [9.17, 15) is 0 Å². The molecule has 0 radical (unpaired) electrons. The average Bonchev–Trinajstić information content (AvgIpc) is 2.77. The second kappa shape index (κ2) is 13.3. The molecule has 200 valence electrons. The third-order valence-corrected chi connectivity index (χ3v) is 8.15. The summed E-state index contributed by atoms with van der Waals surface area (Å²) in [5.41, 5.74) is 0.586. The number of hydrogen-bond acceptors (Lipinski definition) is 6. The first-order valence-corrected chi connectivity index (χ1v) is 13.8. The van der Waals surface area contributed by atoms with Crippen LogP contribution in [-0.4, -0.2) is 77.3 Å². The first kappa shape index (κ1) is 28.3. The summed E-state index contributed by atoms with van der Waals surface area (Å²) in [4.78, 5) is 0. The number of fused-ring (bicyclic) bond motifs is 2. The Balaban J connectivity index is 1.51. The Morgan fingerprint density at radius 1 is 0.412 bits per heavy atom. The molecule has 34 heavy (non-hydrogen) atoms. The van der Waals surface area contributed by atoms with Gasteiger partial charge in [-0.15, -0.1) is 0 Å². The summed E-state index contributed by atoms with van der Waals surface area (Å²) in [5, 5.41) is 0. The van der Waals surface area contributed by atoms with Crippen LogP contribution in [0.15, 0.2) is 0 Å². The van der Waals surface area contributed by atoms with Crippen LogP contribution >= 0.6 is 0 Å². The highest BCUT2D eigenvalue weighted by atomic mass is 16.6. The SMILES string of the molecule is CC(C)(C)[C@@H]1CC[C@@H]2OCCOCCO[C@@H]3C[C@H](C(C)(C)C)CC[C@H]3OCCOCCO[C@@H]2C1. The Morgan fingerprint density at radius 3 is 1.06 bits per heavy atom. The van der Waals surface area contributed by atoms with Crippen LogP contribution in [0.3, 0.4) is 0 Å². The minimum atomic E-state index is 0.124. The summed E-state index contributed by atoms with van der Waals surface area (Å²) in [6.45, 7) is 18.8. The standard InChI is InChI=1S/C28H52O6/c1-27(2,3)21-7-9-23-25(19-21)33-17-13-29-12-16-32-24-10-8-22(28(4,5)6)20-26(24)34-18-14-30-11-15-31-23/h21-26H,7-20H2,1-6H3/t21-,22-,23-,24+,25-,26-/m1/s1. The average molecular weight is 485 g/mol. The van der Waals surface area contributed by atoms with Crippen molar-refractivity contribution in [3.63, 3.8) is 0 Å². The lowest BCUT2D eigenvalue weighted by Gasteiger charge is -2.41. The van der Waals surface area contributed by atoms with Gasteiger partial charge in [0.2, 0.25) is 0 Å². The predicted molar refractivity (Wildman–Crippen MR) is 134 cm³/mol. The van der Waals surface area contributed by atoms with Crippen molar-refractivity contribution in [3.8, 4) is 0 Å². The normalized spacial score (nSPS) is 36.5. The van der Waals surface area contributed by atoms with E-state index < -0.39 is 0 Å².